The van der Waals surface area contributed by atoms with Gasteiger partial charge in [0.25, 0.3) is 30.1 Å². The van der Waals surface area contributed by atoms with Crippen molar-refractivity contribution in [1.82, 2.24) is 36.8 Å². The van der Waals surface area contributed by atoms with Crippen molar-refractivity contribution in [3.8, 4) is 72.9 Å². The Kier molecular flexibility index (Phi) is 30.4. The standard InChI is InChI=1S/C25H18F2N2O3S2.C21H15BrF2N2O3S.C18H12F2N2OS.C14H10BrIN2O2S.C7H7BF2O3.C4H5BO2S/c1-15-3-5-19(6-4-15)34(30,31)29-13-22(20-10-18(26)11-23(27)24(20)32-2)21-9-17(12-28-25(21)29)16-7-8-33-14-16;1-12-2-4-15(5-3-12)30(28,29)26-10-18(17-6-13(22)9-25-21(17)26)16-7-14(23)8-20(24)19(16)11-27;1-23-17-13(5-12(19)6-16(17)20)15-8-22-18-14(15)4-11(7-21-18)10-2-3-24-9-10;1-9-2-4-11(5-3-9)21(19,20)18-8-13(16)12-6-10(15)7-17-14(12)18;1-13-7-5(8(11)12)2-4(9)3-6(7)10;6-5(7)4-1-2-8-3-4/h3-14H,1-2H3;2-10,27H,11H2,1H3;2-9H,1H3,(H,21,22);2-8H,1H3;2-3,11-12H,1H3;1-3,6-7H. The second-order valence-corrected chi connectivity index (χ2v) is 39.0. The number of aryl methyl sites for hydroxylation is 3. The highest BCUT2D eigenvalue weighted by Gasteiger charge is 2.30. The Morgan fingerprint density at radius 2 is 0.800 bits per heavy atom. The minimum Gasteiger partial charge on any atom is -0.494 e. The summed E-state index contributed by atoms with van der Waals surface area (Å²) in [6, 6.07) is 39.4. The third-order valence-corrected chi connectivity index (χ3v) is 28.5. The molecule has 666 valence electrons. The molecule has 0 amide bonds. The van der Waals surface area contributed by atoms with E-state index in [1.165, 1.54) is 89.8 Å². The van der Waals surface area contributed by atoms with Gasteiger partial charge in [0.15, 0.2) is 51.6 Å². The van der Waals surface area contributed by atoms with E-state index in [1.807, 2.05) is 66.6 Å². The number of thiophene rings is 3. The maximum absolute atomic E-state index is 14.5. The van der Waals surface area contributed by atoms with Gasteiger partial charge in [-0.25, -0.2) is 92.2 Å². The number of halogens is 11. The molecule has 0 spiro atoms. The Hall–Kier alpha value is -11.3. The number of H-pyrrole nitrogens is 1. The quantitative estimate of drug-likeness (QED) is 0.0280. The van der Waals surface area contributed by atoms with Gasteiger partial charge >= 0.3 is 14.2 Å². The van der Waals surface area contributed by atoms with Gasteiger partial charge in [0.05, 0.1) is 42.6 Å². The maximum Gasteiger partial charge on any atom is 0.492 e. The van der Waals surface area contributed by atoms with Crippen LogP contribution < -0.4 is 25.1 Å². The summed E-state index contributed by atoms with van der Waals surface area (Å²) in [5, 5.41) is 57.8. The number of aliphatic hydroxyl groups excluding tert-OH is 1. The van der Waals surface area contributed by atoms with Crippen LogP contribution in [0.1, 0.15) is 22.3 Å². The largest absolute Gasteiger partial charge is 0.494 e. The van der Waals surface area contributed by atoms with Crippen molar-refractivity contribution in [3.63, 3.8) is 0 Å². The van der Waals surface area contributed by atoms with E-state index in [0.29, 0.717) is 55.3 Å². The van der Waals surface area contributed by atoms with Gasteiger partial charge in [-0.05, 0) is 227 Å². The highest BCUT2D eigenvalue weighted by molar-refractivity contribution is 14.1. The van der Waals surface area contributed by atoms with Crippen molar-refractivity contribution in [3.05, 3.63) is 327 Å². The van der Waals surface area contributed by atoms with Gasteiger partial charge in [-0.2, -0.15) is 34.0 Å². The lowest BCUT2D eigenvalue weighted by Crippen LogP contribution is -2.32. The highest BCUT2D eigenvalue weighted by Crippen LogP contribution is 2.44. The molecule has 0 aliphatic rings. The number of pyridine rings is 4. The molecule has 11 aromatic heterocycles. The summed E-state index contributed by atoms with van der Waals surface area (Å²) in [6.07, 6.45) is 12.3. The number of methoxy groups -OCH3 is 3. The van der Waals surface area contributed by atoms with Crippen LogP contribution in [0.25, 0.3) is 99.8 Å². The van der Waals surface area contributed by atoms with Crippen molar-refractivity contribution in [2.24, 2.45) is 0 Å². The predicted molar refractivity (Wildman–Crippen MR) is 503 cm³/mol. The van der Waals surface area contributed by atoms with Crippen molar-refractivity contribution in [1.29, 1.82) is 0 Å². The minimum atomic E-state index is -4.05. The van der Waals surface area contributed by atoms with E-state index in [2.05, 4.69) is 84.1 Å². The number of aromatic amines is 1. The van der Waals surface area contributed by atoms with Gasteiger partial charge in [-0.3, -0.25) is 0 Å². The molecular formula is C89H67B2Br2F8IN8O14S6. The first-order chi connectivity index (χ1) is 61.9. The number of benzene rings is 7. The first-order valence-corrected chi connectivity index (χ1v) is 47.7. The fourth-order valence-electron chi connectivity index (χ4n) is 13.3. The molecule has 41 heteroatoms. The van der Waals surface area contributed by atoms with Gasteiger partial charge in [-0.1, -0.05) is 59.2 Å². The number of ether oxygens (including phenoxy) is 3. The molecule has 0 radical (unpaired) electrons. The molecule has 18 rings (SSSR count). The lowest BCUT2D eigenvalue weighted by Gasteiger charge is -2.09. The summed E-state index contributed by atoms with van der Waals surface area (Å²) >= 11 is 13.3. The lowest BCUT2D eigenvalue weighted by atomic mass is 9.79. The van der Waals surface area contributed by atoms with Crippen LogP contribution in [0.3, 0.4) is 0 Å². The molecule has 0 saturated carbocycles. The number of hydrogen-bond donors (Lipinski definition) is 6. The summed E-state index contributed by atoms with van der Waals surface area (Å²) in [4.78, 5) is 20.7. The molecule has 0 atom stereocenters. The van der Waals surface area contributed by atoms with Crippen molar-refractivity contribution < 1.29 is 99.8 Å². The van der Waals surface area contributed by atoms with Crippen LogP contribution in [0.5, 0.6) is 17.2 Å². The molecule has 6 N–H and O–H groups in total. The SMILES string of the molecule is COc1c(F)cc(F)cc1-c1c[nH]c2ncc(-c3ccsc3)cc12.COc1c(F)cc(F)cc1-c1cn(S(=O)(=O)c2ccc(C)cc2)c2ncc(-c3ccsc3)cc12.COc1c(F)cc(F)cc1B(O)O.Cc1ccc(S(=O)(=O)n2cc(-c3cc(F)cc(F)c3CO)c3cc(Br)cnc32)cc1.Cc1ccc(S(=O)(=O)n2cc(I)c3cc(Br)cnc32)cc1.OB(O)c1ccsc1. The molecule has 0 fully saturated rings. The molecule has 11 heterocycles. The Labute approximate surface area is 780 Å². The first kappa shape index (κ1) is 96.3. The number of nitrogens with zero attached hydrogens (tertiary/aromatic N) is 7. The fraction of sp³-hybridized carbons (Fsp3) is 0.0787. The van der Waals surface area contributed by atoms with Crippen LogP contribution in [0.2, 0.25) is 0 Å². The summed E-state index contributed by atoms with van der Waals surface area (Å²) in [5.74, 6) is -7.24. The Morgan fingerprint density at radius 3 is 1.23 bits per heavy atom. The van der Waals surface area contributed by atoms with Gasteiger partial charge in [0.1, 0.15) is 34.7 Å². The molecule has 0 unspecified atom stereocenters. The highest BCUT2D eigenvalue weighted by atomic mass is 127. The molecule has 7 aromatic carbocycles. The normalized spacial score (nSPS) is 11.4. The van der Waals surface area contributed by atoms with Crippen LogP contribution in [0.15, 0.2) is 269 Å². The van der Waals surface area contributed by atoms with Gasteiger partial charge in [0.2, 0.25) is 0 Å². The number of nitrogens with one attached hydrogen (secondary N) is 1. The molecule has 0 aliphatic carbocycles. The Balaban J connectivity index is 0.000000139. The maximum atomic E-state index is 14.5. The zero-order chi connectivity index (χ0) is 93.5. The predicted octanol–water partition coefficient (Wildman–Crippen LogP) is 19.3. The molecule has 22 nitrogen and oxygen atoms in total. The van der Waals surface area contributed by atoms with Crippen LogP contribution in [-0.4, -0.2) is 123 Å². The average molecular weight is 2130 g/mol. The Morgan fingerprint density at radius 1 is 0.415 bits per heavy atom. The van der Waals surface area contributed by atoms with E-state index in [9.17, 15) is 65.5 Å². The smallest absolute Gasteiger partial charge is 0.492 e. The summed E-state index contributed by atoms with van der Waals surface area (Å²) < 4.78 is 210. The fourth-order valence-corrected chi connectivity index (χ4v) is 20.9. The van der Waals surface area contributed by atoms with Crippen molar-refractivity contribution in [2.75, 3.05) is 21.3 Å². The molecule has 0 saturated heterocycles. The van der Waals surface area contributed by atoms with Crippen molar-refractivity contribution >= 4 is 188 Å². The lowest BCUT2D eigenvalue weighted by molar-refractivity contribution is 0.276. The van der Waals surface area contributed by atoms with Crippen LogP contribution in [0.4, 0.5) is 35.1 Å². The third kappa shape index (κ3) is 21.0. The molecule has 18 aromatic rings. The van der Waals surface area contributed by atoms with E-state index >= 15 is 0 Å². The average Bonchev–Trinajstić information content (AvgIpc) is 1.57. The second-order valence-electron chi connectivity index (χ2n) is 28.2. The number of aromatic nitrogens is 8. The second kappa shape index (κ2) is 41.0. The Bertz CT molecular complexity index is 7570. The molecular weight excluding hydrogens is 2060 g/mol. The number of rotatable bonds is 17. The first-order valence-electron chi connectivity index (χ1n) is 37.9. The summed E-state index contributed by atoms with van der Waals surface area (Å²) in [5.41, 5.74) is 9.55. The summed E-state index contributed by atoms with van der Waals surface area (Å²) in [7, 11) is -11.2. The van der Waals surface area contributed by atoms with E-state index < -0.39 is 97.5 Å². The molecule has 130 heavy (non-hydrogen) atoms. The molecule has 0 bridgehead atoms. The van der Waals surface area contributed by atoms with E-state index in [-0.39, 0.29) is 76.5 Å². The summed E-state index contributed by atoms with van der Waals surface area (Å²) in [6.45, 7) is 4.94. The van der Waals surface area contributed by atoms with E-state index in [4.69, 9.17) is 29.6 Å². The number of fused-ring (bicyclic) bond motifs is 4. The number of aliphatic hydroxyl groups is 1. The van der Waals surface area contributed by atoms with E-state index in [1.54, 1.807) is 120 Å². The van der Waals surface area contributed by atoms with Gasteiger partial charge in [0, 0.05) is 158 Å². The topological polar surface area (TPSA) is 313 Å². The van der Waals surface area contributed by atoms with Crippen LogP contribution >= 0.6 is 88.5 Å². The van der Waals surface area contributed by atoms with Crippen molar-refractivity contribution in [2.45, 2.75) is 42.1 Å². The van der Waals surface area contributed by atoms with Crippen LogP contribution in [-0.2, 0) is 36.7 Å². The number of hydrogen-bond acceptors (Lipinski definition) is 21. The zero-order valence-electron chi connectivity index (χ0n) is 68.2. The van der Waals surface area contributed by atoms with Gasteiger partial charge < -0.3 is 44.4 Å². The van der Waals surface area contributed by atoms with E-state index in [0.717, 1.165) is 103 Å². The van der Waals surface area contributed by atoms with Gasteiger partial charge in [-0.15, -0.1) is 0 Å². The minimum absolute atomic E-state index is 0.0123. The molecule has 0 aliphatic heterocycles. The third-order valence-electron chi connectivity index (χ3n) is 19.7. The monoisotopic (exact) mass is 2120 g/mol. The van der Waals surface area contributed by atoms with Crippen LogP contribution in [0, 0.1) is 70.9 Å². The zero-order valence-corrected chi connectivity index (χ0v) is 78.4.